The van der Waals surface area contributed by atoms with Crippen molar-refractivity contribution in [3.05, 3.63) is 42.0 Å². The number of nitrogens with zero attached hydrogens (tertiary/aromatic N) is 1. The number of anilines is 1. The van der Waals surface area contributed by atoms with Crippen molar-refractivity contribution in [3.63, 3.8) is 0 Å². The van der Waals surface area contributed by atoms with Crippen LogP contribution in [0.3, 0.4) is 0 Å². The molecule has 0 aliphatic rings. The van der Waals surface area contributed by atoms with Crippen LogP contribution >= 0.6 is 0 Å². The van der Waals surface area contributed by atoms with Gasteiger partial charge in [0.25, 0.3) is 0 Å². The highest BCUT2D eigenvalue weighted by molar-refractivity contribution is 5.88. The molecule has 1 N–H and O–H groups in total. The van der Waals surface area contributed by atoms with Gasteiger partial charge in [-0.2, -0.15) is 0 Å². The molecule has 6 heteroatoms. The highest BCUT2D eigenvalue weighted by atomic mass is 16.5. The van der Waals surface area contributed by atoms with Crippen molar-refractivity contribution < 1.29 is 18.7 Å². The molecule has 0 aliphatic carbocycles. The minimum absolute atomic E-state index is 0.396. The smallest absolute Gasteiger partial charge is 0.341 e. The maximum Gasteiger partial charge on any atom is 0.341 e. The lowest BCUT2D eigenvalue weighted by Gasteiger charge is -2.04. The maximum atomic E-state index is 11.2. The van der Waals surface area contributed by atoms with E-state index in [-0.39, 0.29) is 0 Å². The van der Waals surface area contributed by atoms with Gasteiger partial charge in [0.2, 0.25) is 5.88 Å². The molecule has 0 saturated heterocycles. The van der Waals surface area contributed by atoms with Crippen molar-refractivity contribution in [2.75, 3.05) is 19.5 Å². The van der Waals surface area contributed by atoms with Gasteiger partial charge in [-0.15, -0.1) is 0 Å². The number of esters is 1. The lowest BCUT2D eigenvalue weighted by molar-refractivity contribution is 0.0600. The molecule has 0 bridgehead atoms. The summed E-state index contributed by atoms with van der Waals surface area (Å²) in [5, 5.41) is 3.12. The summed E-state index contributed by atoms with van der Waals surface area (Å²) in [6.07, 6.45) is 3.03. The Balaban J connectivity index is 1.94. The molecule has 0 spiro atoms. The average Bonchev–Trinajstić information content (AvgIpc) is 2.93. The fourth-order valence-electron chi connectivity index (χ4n) is 1.49. The van der Waals surface area contributed by atoms with Gasteiger partial charge < -0.3 is 19.2 Å². The number of carbonyl (C=O) groups excluding carboxylic acids is 1. The van der Waals surface area contributed by atoms with E-state index in [9.17, 15) is 4.79 Å². The monoisotopic (exact) mass is 262 g/mol. The molecule has 2 rings (SSSR count). The number of nitrogens with one attached hydrogen (secondary N) is 1. The first-order chi connectivity index (χ1) is 9.22. The van der Waals surface area contributed by atoms with Gasteiger partial charge in [0.15, 0.2) is 0 Å². The number of ether oxygens (including phenoxy) is 2. The number of aromatic nitrogens is 1. The summed E-state index contributed by atoms with van der Waals surface area (Å²) in [5.41, 5.74) is 1.23. The Bertz CT molecular complexity index is 548. The first-order valence-electron chi connectivity index (χ1n) is 5.62. The number of methoxy groups -OCH3 is 2. The fourth-order valence-corrected chi connectivity index (χ4v) is 1.49. The Morgan fingerprint density at radius 2 is 2.26 bits per heavy atom. The largest absolute Gasteiger partial charge is 0.481 e. The number of carbonyl (C=O) groups is 1. The third kappa shape index (κ3) is 3.25. The third-order valence-corrected chi connectivity index (χ3v) is 2.49. The zero-order valence-electron chi connectivity index (χ0n) is 10.7. The fraction of sp³-hybridized carbons (Fsp3) is 0.231. The van der Waals surface area contributed by atoms with Crippen LogP contribution in [0.4, 0.5) is 5.69 Å². The first-order valence-corrected chi connectivity index (χ1v) is 5.62. The second-order valence-electron chi connectivity index (χ2n) is 3.74. The van der Waals surface area contributed by atoms with E-state index in [1.54, 1.807) is 25.4 Å². The van der Waals surface area contributed by atoms with E-state index in [0.29, 0.717) is 23.7 Å². The molecular weight excluding hydrogens is 248 g/mol. The lowest BCUT2D eigenvalue weighted by atomic mass is 10.3. The molecule has 0 atom stereocenters. The predicted molar refractivity (Wildman–Crippen MR) is 68.2 cm³/mol. The molecule has 0 saturated carbocycles. The van der Waals surface area contributed by atoms with Gasteiger partial charge in [-0.05, 0) is 12.1 Å². The Hall–Kier alpha value is -2.50. The number of rotatable bonds is 5. The van der Waals surface area contributed by atoms with Gasteiger partial charge >= 0.3 is 5.97 Å². The van der Waals surface area contributed by atoms with E-state index in [1.165, 1.54) is 13.4 Å². The second-order valence-corrected chi connectivity index (χ2v) is 3.74. The van der Waals surface area contributed by atoms with Crippen LogP contribution in [0.25, 0.3) is 0 Å². The van der Waals surface area contributed by atoms with Gasteiger partial charge in [0, 0.05) is 6.07 Å². The Morgan fingerprint density at radius 3 is 2.89 bits per heavy atom. The molecule has 6 nitrogen and oxygen atoms in total. The van der Waals surface area contributed by atoms with Gasteiger partial charge in [-0.1, -0.05) is 0 Å². The van der Waals surface area contributed by atoms with Crippen LogP contribution in [0.5, 0.6) is 5.88 Å². The quantitative estimate of drug-likeness (QED) is 0.832. The topological polar surface area (TPSA) is 73.6 Å². The standard InChI is InChI=1S/C13H14N2O4/c1-17-12-4-3-10(6-15-12)14-7-11-5-9(8-19-11)13(16)18-2/h3-6,8,14H,7H2,1-2H3. The van der Waals surface area contributed by atoms with Crippen LogP contribution < -0.4 is 10.1 Å². The van der Waals surface area contributed by atoms with E-state index in [1.807, 2.05) is 6.07 Å². The van der Waals surface area contributed by atoms with Gasteiger partial charge in [-0.25, -0.2) is 9.78 Å². The molecular formula is C13H14N2O4. The summed E-state index contributed by atoms with van der Waals surface area (Å²) in [4.78, 5) is 15.3. The normalized spacial score (nSPS) is 10.0. The van der Waals surface area contributed by atoms with Crippen LogP contribution in [0.1, 0.15) is 16.1 Å². The van der Waals surface area contributed by atoms with Gasteiger partial charge in [-0.3, -0.25) is 0 Å². The summed E-state index contributed by atoms with van der Waals surface area (Å²) in [6.45, 7) is 0.449. The van der Waals surface area contributed by atoms with Crippen molar-refractivity contribution >= 4 is 11.7 Å². The lowest BCUT2D eigenvalue weighted by Crippen LogP contribution is -2.00. The van der Waals surface area contributed by atoms with Crippen LogP contribution in [-0.2, 0) is 11.3 Å². The van der Waals surface area contributed by atoms with E-state index in [2.05, 4.69) is 15.0 Å². The van der Waals surface area contributed by atoms with Crippen molar-refractivity contribution in [3.8, 4) is 5.88 Å². The molecule has 0 aromatic carbocycles. The van der Waals surface area contributed by atoms with Gasteiger partial charge in [0.1, 0.15) is 12.0 Å². The minimum Gasteiger partial charge on any atom is -0.481 e. The van der Waals surface area contributed by atoms with Crippen LogP contribution in [0, 0.1) is 0 Å². The molecule has 0 amide bonds. The van der Waals surface area contributed by atoms with Crippen molar-refractivity contribution in [2.45, 2.75) is 6.54 Å². The Kier molecular flexibility index (Phi) is 4.02. The number of hydrogen-bond acceptors (Lipinski definition) is 6. The molecule has 0 radical (unpaired) electrons. The SMILES string of the molecule is COC(=O)c1coc(CNc2ccc(OC)nc2)c1. The number of furan rings is 1. The summed E-state index contributed by atoms with van der Waals surface area (Å²) in [7, 11) is 2.89. The van der Waals surface area contributed by atoms with Crippen molar-refractivity contribution in [1.29, 1.82) is 0 Å². The molecule has 2 heterocycles. The zero-order valence-corrected chi connectivity index (χ0v) is 10.7. The second kappa shape index (κ2) is 5.90. The number of hydrogen-bond donors (Lipinski definition) is 1. The molecule has 2 aromatic rings. The van der Waals surface area contributed by atoms with Crippen molar-refractivity contribution in [2.24, 2.45) is 0 Å². The van der Waals surface area contributed by atoms with E-state index in [0.717, 1.165) is 5.69 Å². The van der Waals surface area contributed by atoms with E-state index in [4.69, 9.17) is 9.15 Å². The van der Waals surface area contributed by atoms with Gasteiger partial charge in [0.05, 0.1) is 38.2 Å². The van der Waals surface area contributed by atoms with E-state index >= 15 is 0 Å². The third-order valence-electron chi connectivity index (χ3n) is 2.49. The molecule has 19 heavy (non-hydrogen) atoms. The van der Waals surface area contributed by atoms with Crippen LogP contribution in [0.2, 0.25) is 0 Å². The zero-order chi connectivity index (χ0) is 13.7. The Labute approximate surface area is 110 Å². The first kappa shape index (κ1) is 12.9. The highest BCUT2D eigenvalue weighted by Crippen LogP contribution is 2.14. The van der Waals surface area contributed by atoms with Crippen LogP contribution in [0.15, 0.2) is 35.1 Å². The predicted octanol–water partition coefficient (Wildman–Crippen LogP) is 2.08. The summed E-state index contributed by atoms with van der Waals surface area (Å²) in [5.74, 6) is 0.772. The highest BCUT2D eigenvalue weighted by Gasteiger charge is 2.09. The molecule has 2 aromatic heterocycles. The summed E-state index contributed by atoms with van der Waals surface area (Å²) in [6, 6.07) is 5.23. The minimum atomic E-state index is -0.416. The summed E-state index contributed by atoms with van der Waals surface area (Å²) < 4.78 is 14.8. The Morgan fingerprint density at radius 1 is 1.42 bits per heavy atom. The molecule has 0 aliphatic heterocycles. The average molecular weight is 262 g/mol. The maximum absolute atomic E-state index is 11.2. The van der Waals surface area contributed by atoms with Crippen molar-refractivity contribution in [1.82, 2.24) is 4.98 Å². The molecule has 100 valence electrons. The molecule has 0 fully saturated rings. The number of pyridine rings is 1. The van der Waals surface area contributed by atoms with E-state index < -0.39 is 5.97 Å². The molecule has 0 unspecified atom stereocenters. The summed E-state index contributed by atoms with van der Waals surface area (Å²) >= 11 is 0. The van der Waals surface area contributed by atoms with Crippen LogP contribution in [-0.4, -0.2) is 25.2 Å².